The summed E-state index contributed by atoms with van der Waals surface area (Å²) in [5, 5.41) is 0.680. The molecule has 1 aliphatic heterocycles. The zero-order valence-electron chi connectivity index (χ0n) is 10.9. The minimum atomic E-state index is -0.595. The molecule has 6 heteroatoms. The second-order valence-electron chi connectivity index (χ2n) is 4.25. The molecule has 0 aliphatic carbocycles. The fourth-order valence-electron chi connectivity index (χ4n) is 1.95. The summed E-state index contributed by atoms with van der Waals surface area (Å²) in [6.07, 6.45) is 0.355. The van der Waals surface area contributed by atoms with E-state index in [0.29, 0.717) is 11.4 Å². The van der Waals surface area contributed by atoms with Gasteiger partial charge in [0.1, 0.15) is 0 Å². The Kier molecular flexibility index (Phi) is 5.33. The topological polar surface area (TPSA) is 60.2 Å². The van der Waals surface area contributed by atoms with Crippen LogP contribution >= 0.6 is 23.4 Å². The Bertz CT molecular complexity index is 571. The van der Waals surface area contributed by atoms with Gasteiger partial charge >= 0.3 is 133 Å². The van der Waals surface area contributed by atoms with Gasteiger partial charge in [0.15, 0.2) is 0 Å². The predicted octanol–water partition coefficient (Wildman–Crippen LogP) is 2.51. The van der Waals surface area contributed by atoms with Gasteiger partial charge in [0.25, 0.3) is 0 Å². The zero-order valence-corrected chi connectivity index (χ0v) is 14.2. The summed E-state index contributed by atoms with van der Waals surface area (Å²) in [5.41, 5.74) is 6.67. The molecular weight excluding hydrogens is 361 g/mol. The van der Waals surface area contributed by atoms with Gasteiger partial charge in [-0.15, -0.1) is 0 Å². The summed E-state index contributed by atoms with van der Waals surface area (Å²) in [6.45, 7) is 2.00. The number of hydrogen-bond donors (Lipinski definition) is 1. The van der Waals surface area contributed by atoms with Crippen LogP contribution in [0.5, 0.6) is 0 Å². The van der Waals surface area contributed by atoms with E-state index in [1.54, 1.807) is 11.8 Å². The summed E-state index contributed by atoms with van der Waals surface area (Å²) in [5.74, 6) is 0.0954. The van der Waals surface area contributed by atoms with Crippen LogP contribution in [0.15, 0.2) is 33.6 Å². The molecule has 0 radical (unpaired) electrons. The van der Waals surface area contributed by atoms with Crippen molar-refractivity contribution >= 4 is 50.0 Å². The number of nitrogens with two attached hydrogens (primary N) is 1. The van der Waals surface area contributed by atoms with Crippen molar-refractivity contribution in [3.63, 3.8) is 0 Å². The Labute approximate surface area is 133 Å². The Morgan fingerprint density at radius 1 is 1.45 bits per heavy atom. The second-order valence-corrected chi connectivity index (χ2v) is 9.08. The van der Waals surface area contributed by atoms with Crippen LogP contribution in [0.1, 0.15) is 23.7 Å². The van der Waals surface area contributed by atoms with E-state index in [1.807, 2.05) is 31.2 Å². The zero-order chi connectivity index (χ0) is 14.7. The molecule has 1 aliphatic rings. The van der Waals surface area contributed by atoms with Crippen LogP contribution in [0.25, 0.3) is 0 Å². The van der Waals surface area contributed by atoms with Crippen molar-refractivity contribution in [3.05, 3.63) is 44.2 Å². The summed E-state index contributed by atoms with van der Waals surface area (Å²) < 4.78 is 0.878. The third-order valence-electron chi connectivity index (χ3n) is 2.87. The van der Waals surface area contributed by atoms with E-state index in [9.17, 15) is 9.59 Å². The molecule has 1 unspecified atom stereocenters. The van der Waals surface area contributed by atoms with Gasteiger partial charge in [-0.25, -0.2) is 0 Å². The summed E-state index contributed by atoms with van der Waals surface area (Å²) in [7, 11) is 0. The van der Waals surface area contributed by atoms with Gasteiger partial charge in [0, 0.05) is 0 Å². The molecule has 1 heterocycles. The molecule has 2 rings (SSSR count). The van der Waals surface area contributed by atoms with Crippen molar-refractivity contribution < 1.29 is 9.59 Å². The molecular formula is C14H14ClNO2SSe. The third-order valence-corrected chi connectivity index (χ3v) is 7.51. The summed E-state index contributed by atoms with van der Waals surface area (Å²) in [6, 6.07) is 7.56. The number of primary amides is 1. The molecule has 2 N–H and O–H groups in total. The number of hydrogen-bond acceptors (Lipinski definition) is 3. The molecule has 0 bridgehead atoms. The summed E-state index contributed by atoms with van der Waals surface area (Å²) in [4.78, 5) is 23.8. The first kappa shape index (κ1) is 15.6. The van der Waals surface area contributed by atoms with Gasteiger partial charge in [-0.1, -0.05) is 0 Å². The van der Waals surface area contributed by atoms with Crippen LogP contribution in [0.4, 0.5) is 0 Å². The van der Waals surface area contributed by atoms with E-state index in [0.717, 1.165) is 15.1 Å². The molecule has 0 fully saturated rings. The molecule has 0 saturated heterocycles. The number of carbonyl (C=O) groups is 2. The van der Waals surface area contributed by atoms with Crippen LogP contribution in [0.3, 0.4) is 0 Å². The Hall–Kier alpha value is -0.741. The molecule has 1 aromatic carbocycles. The molecule has 0 spiro atoms. The quantitative estimate of drug-likeness (QED) is 0.650. The number of carbonyl (C=O) groups excluding carboxylic acids is 2. The molecule has 0 saturated carbocycles. The normalized spacial score (nSPS) is 19.3. The van der Waals surface area contributed by atoms with Gasteiger partial charge in [0.05, 0.1) is 0 Å². The summed E-state index contributed by atoms with van der Waals surface area (Å²) >= 11 is 7.49. The number of ketones is 1. The minimum absolute atomic E-state index is 0.0484. The van der Waals surface area contributed by atoms with Crippen molar-refractivity contribution in [1.29, 1.82) is 0 Å². The van der Waals surface area contributed by atoms with E-state index >= 15 is 0 Å². The number of rotatable bonds is 4. The van der Waals surface area contributed by atoms with Crippen molar-refractivity contribution in [2.24, 2.45) is 5.73 Å². The van der Waals surface area contributed by atoms with E-state index in [2.05, 4.69) is 0 Å². The van der Waals surface area contributed by atoms with Crippen LogP contribution < -0.4 is 5.73 Å². The van der Waals surface area contributed by atoms with E-state index in [4.69, 9.17) is 17.3 Å². The average Bonchev–Trinajstić information content (AvgIpc) is 2.38. The number of halogens is 1. The van der Waals surface area contributed by atoms with Crippen LogP contribution in [-0.2, 0) is 9.59 Å². The van der Waals surface area contributed by atoms with E-state index in [1.165, 1.54) is 0 Å². The first-order valence-electron chi connectivity index (χ1n) is 6.15. The second kappa shape index (κ2) is 6.81. The fourth-order valence-corrected chi connectivity index (χ4v) is 6.89. The van der Waals surface area contributed by atoms with Gasteiger partial charge in [0.2, 0.25) is 0 Å². The number of amides is 1. The molecule has 20 heavy (non-hydrogen) atoms. The molecule has 1 aromatic rings. The Morgan fingerprint density at radius 2 is 2.10 bits per heavy atom. The number of thioether (sulfide) groups is 1. The van der Waals surface area contributed by atoms with Gasteiger partial charge < -0.3 is 0 Å². The van der Waals surface area contributed by atoms with Crippen molar-refractivity contribution in [2.45, 2.75) is 18.2 Å². The van der Waals surface area contributed by atoms with Crippen LogP contribution in [0, 0.1) is 0 Å². The first-order valence-corrected chi connectivity index (χ1v) is 9.36. The molecule has 0 aromatic heterocycles. The monoisotopic (exact) mass is 375 g/mol. The maximum absolute atomic E-state index is 12.2. The fraction of sp³-hybridized carbons (Fsp3) is 0.286. The maximum atomic E-state index is 12.2. The van der Waals surface area contributed by atoms with E-state index < -0.39 is 5.91 Å². The van der Waals surface area contributed by atoms with Crippen molar-refractivity contribution in [3.8, 4) is 0 Å². The standard InChI is InChI=1S/C14H14ClNO2SSe/c1-2-19-14-12(13(16)18)10(17)7-11(20-14)8-3-5-9(15)6-4-8/h3-6,11H,2,7H2,1H3,(H2,16,18). The average molecular weight is 375 g/mol. The van der Waals surface area contributed by atoms with Gasteiger partial charge in [-0.3, -0.25) is 0 Å². The number of benzene rings is 1. The Morgan fingerprint density at radius 3 is 2.65 bits per heavy atom. The molecule has 3 nitrogen and oxygen atoms in total. The van der Waals surface area contributed by atoms with Crippen LogP contribution in [-0.4, -0.2) is 32.4 Å². The van der Waals surface area contributed by atoms with Crippen molar-refractivity contribution in [2.75, 3.05) is 5.75 Å². The SMILES string of the molecule is CCSC1=C(C(N)=O)C(=O)CC(c2ccc(Cl)cc2)[Se]1. The van der Waals surface area contributed by atoms with E-state index in [-0.39, 0.29) is 31.1 Å². The molecule has 106 valence electrons. The predicted molar refractivity (Wildman–Crippen MR) is 83.9 cm³/mol. The van der Waals surface area contributed by atoms with Gasteiger partial charge in [-0.05, 0) is 0 Å². The third kappa shape index (κ3) is 3.47. The number of Topliss-reactive ketones (excluding diaryl/α,β-unsaturated/α-hetero) is 1. The molecule has 1 atom stereocenters. The Balaban J connectivity index is 2.32. The van der Waals surface area contributed by atoms with Gasteiger partial charge in [-0.2, -0.15) is 0 Å². The van der Waals surface area contributed by atoms with Crippen LogP contribution in [0.2, 0.25) is 5.02 Å². The first-order chi connectivity index (χ1) is 9.52. The molecule has 1 amide bonds. The van der Waals surface area contributed by atoms with Crippen molar-refractivity contribution in [1.82, 2.24) is 0 Å².